The highest BCUT2D eigenvalue weighted by Crippen LogP contribution is 2.45. The van der Waals surface area contributed by atoms with Gasteiger partial charge in [-0.2, -0.15) is 0 Å². The van der Waals surface area contributed by atoms with Crippen LogP contribution in [0.15, 0.2) is 211 Å². The van der Waals surface area contributed by atoms with Crippen molar-refractivity contribution < 1.29 is 4.42 Å². The Morgan fingerprint density at radius 1 is 0.361 bits per heavy atom. The molecule has 9 aromatic carbocycles. The van der Waals surface area contributed by atoms with Crippen molar-refractivity contribution in [3.63, 3.8) is 0 Å². The lowest BCUT2D eigenvalue weighted by molar-refractivity contribution is 0.669. The minimum absolute atomic E-state index is 0.564. The second kappa shape index (κ2) is 14.4. The maximum absolute atomic E-state index is 6.75. The molecule has 0 radical (unpaired) electrons. The van der Waals surface area contributed by atoms with Crippen LogP contribution in [0.5, 0.6) is 0 Å². The Hall–Kier alpha value is -7.93. The number of aromatic nitrogens is 3. The Labute approximate surface area is 355 Å². The van der Waals surface area contributed by atoms with Gasteiger partial charge in [-0.1, -0.05) is 146 Å². The molecule has 286 valence electrons. The average molecular weight is 799 g/mol. The normalized spacial score (nSPS) is 11.6. The van der Waals surface area contributed by atoms with Gasteiger partial charge in [0, 0.05) is 65.1 Å². The van der Waals surface area contributed by atoms with Crippen molar-refractivity contribution >= 4 is 81.3 Å². The van der Waals surface area contributed by atoms with E-state index in [0.717, 1.165) is 72.0 Å². The third kappa shape index (κ3) is 6.20. The molecule has 0 bridgehead atoms. The minimum atomic E-state index is 0.564. The molecule has 0 saturated heterocycles. The number of anilines is 3. The smallest absolute Gasteiger partial charge is 0.164 e. The molecule has 0 fully saturated rings. The number of thiophene rings is 1. The van der Waals surface area contributed by atoms with Crippen LogP contribution in [0.1, 0.15) is 0 Å². The van der Waals surface area contributed by atoms with Gasteiger partial charge in [0.25, 0.3) is 0 Å². The number of hydrogen-bond donors (Lipinski definition) is 0. The molecule has 0 saturated carbocycles. The molecule has 3 heterocycles. The zero-order valence-corrected chi connectivity index (χ0v) is 33.6. The van der Waals surface area contributed by atoms with Gasteiger partial charge in [-0.05, 0) is 76.5 Å². The monoisotopic (exact) mass is 798 g/mol. The van der Waals surface area contributed by atoms with Crippen molar-refractivity contribution in [2.45, 2.75) is 0 Å². The average Bonchev–Trinajstić information content (AvgIpc) is 3.90. The molecule has 0 aliphatic heterocycles. The number of para-hydroxylation sites is 1. The Morgan fingerprint density at radius 3 is 1.79 bits per heavy atom. The fourth-order valence-corrected chi connectivity index (χ4v) is 9.64. The molecule has 12 rings (SSSR count). The van der Waals surface area contributed by atoms with E-state index in [0.29, 0.717) is 17.5 Å². The highest BCUT2D eigenvalue weighted by molar-refractivity contribution is 7.25. The van der Waals surface area contributed by atoms with Crippen molar-refractivity contribution in [3.05, 3.63) is 206 Å². The lowest BCUT2D eigenvalue weighted by atomic mass is 10.0. The maximum atomic E-state index is 6.75. The fourth-order valence-electron chi connectivity index (χ4n) is 8.55. The van der Waals surface area contributed by atoms with E-state index in [2.05, 4.69) is 169 Å². The van der Waals surface area contributed by atoms with Gasteiger partial charge < -0.3 is 9.32 Å². The predicted octanol–water partition coefficient (Wildman–Crippen LogP) is 15.4. The first-order chi connectivity index (χ1) is 30.2. The molecule has 0 aliphatic carbocycles. The number of furan rings is 1. The summed E-state index contributed by atoms with van der Waals surface area (Å²) >= 11 is 1.82. The van der Waals surface area contributed by atoms with Crippen LogP contribution in [0, 0.1) is 0 Å². The van der Waals surface area contributed by atoms with Gasteiger partial charge in [-0.15, -0.1) is 11.3 Å². The van der Waals surface area contributed by atoms with E-state index < -0.39 is 0 Å². The summed E-state index contributed by atoms with van der Waals surface area (Å²) in [5.74, 6) is 1.77. The standard InChI is InChI=1S/C55H34N4OS/c1-3-13-35(14-4-1)37-25-27-41(28-26-37)59(42-29-30-51-46(32-42)44-19-10-12-22-50(44)61-51)43-33-47(52-45-20-9-11-21-48(45)60-49(52)34-43)55-57-53(38-16-5-2-6-17-38)56-54(58-55)40-24-23-36-15-7-8-18-39(36)31-40/h1-34H. The third-order valence-electron chi connectivity index (χ3n) is 11.5. The molecule has 0 atom stereocenters. The SMILES string of the molecule is c1ccc(-c2ccc(N(c3cc(-c4nc(-c5ccccc5)nc(-c5ccc6ccccc6c5)n4)c4c(c3)oc3ccccc34)c3ccc4sc5ccccc5c4c3)cc2)cc1. The molecule has 0 amide bonds. The van der Waals surface area contributed by atoms with Crippen molar-refractivity contribution in [1.29, 1.82) is 0 Å². The van der Waals surface area contributed by atoms with Crippen LogP contribution < -0.4 is 4.90 Å². The van der Waals surface area contributed by atoms with Gasteiger partial charge in [-0.25, -0.2) is 15.0 Å². The summed E-state index contributed by atoms with van der Waals surface area (Å²) in [6.45, 7) is 0. The van der Waals surface area contributed by atoms with E-state index in [1.165, 1.54) is 25.7 Å². The van der Waals surface area contributed by atoms with Gasteiger partial charge in [-0.3, -0.25) is 0 Å². The van der Waals surface area contributed by atoms with Crippen molar-refractivity contribution in [2.75, 3.05) is 4.90 Å². The first-order valence-corrected chi connectivity index (χ1v) is 21.2. The van der Waals surface area contributed by atoms with Crippen molar-refractivity contribution in [1.82, 2.24) is 15.0 Å². The van der Waals surface area contributed by atoms with Gasteiger partial charge in [0.15, 0.2) is 17.5 Å². The van der Waals surface area contributed by atoms with E-state index in [4.69, 9.17) is 19.4 Å². The largest absolute Gasteiger partial charge is 0.456 e. The molecule has 0 spiro atoms. The van der Waals surface area contributed by atoms with Crippen LogP contribution >= 0.6 is 11.3 Å². The molecule has 0 aliphatic rings. The van der Waals surface area contributed by atoms with E-state index in [-0.39, 0.29) is 0 Å². The summed E-state index contributed by atoms with van der Waals surface area (Å²) in [7, 11) is 0. The summed E-state index contributed by atoms with van der Waals surface area (Å²) < 4.78 is 9.27. The molecule has 0 unspecified atom stereocenters. The third-order valence-corrected chi connectivity index (χ3v) is 12.6. The number of hydrogen-bond acceptors (Lipinski definition) is 6. The van der Waals surface area contributed by atoms with E-state index >= 15 is 0 Å². The van der Waals surface area contributed by atoms with Gasteiger partial charge >= 0.3 is 0 Å². The molecule has 5 nitrogen and oxygen atoms in total. The molecule has 6 heteroatoms. The van der Waals surface area contributed by atoms with E-state index in [9.17, 15) is 0 Å². The second-order valence-electron chi connectivity index (χ2n) is 15.2. The maximum Gasteiger partial charge on any atom is 0.164 e. The fraction of sp³-hybridized carbons (Fsp3) is 0. The number of benzene rings is 9. The Kier molecular flexibility index (Phi) is 8.28. The van der Waals surface area contributed by atoms with E-state index in [1.54, 1.807) is 0 Å². The van der Waals surface area contributed by atoms with Crippen LogP contribution in [-0.4, -0.2) is 15.0 Å². The lowest BCUT2D eigenvalue weighted by Crippen LogP contribution is -2.10. The Morgan fingerprint density at radius 2 is 0.967 bits per heavy atom. The number of fused-ring (bicyclic) bond motifs is 7. The second-order valence-corrected chi connectivity index (χ2v) is 16.3. The summed E-state index contributed by atoms with van der Waals surface area (Å²) in [6, 6.07) is 72.2. The van der Waals surface area contributed by atoms with Crippen LogP contribution in [-0.2, 0) is 0 Å². The molecule has 0 N–H and O–H groups in total. The zero-order valence-electron chi connectivity index (χ0n) is 32.7. The van der Waals surface area contributed by atoms with Gasteiger partial charge in [0.2, 0.25) is 0 Å². The predicted molar refractivity (Wildman–Crippen MR) is 254 cm³/mol. The summed E-state index contributed by atoms with van der Waals surface area (Å²) in [5.41, 5.74) is 9.51. The summed E-state index contributed by atoms with van der Waals surface area (Å²) in [4.78, 5) is 18.0. The highest BCUT2D eigenvalue weighted by Gasteiger charge is 2.23. The Balaban J connectivity index is 1.12. The van der Waals surface area contributed by atoms with Gasteiger partial charge in [0.1, 0.15) is 11.2 Å². The number of nitrogens with zero attached hydrogens (tertiary/aromatic N) is 4. The van der Waals surface area contributed by atoms with Crippen LogP contribution in [0.4, 0.5) is 17.1 Å². The first kappa shape index (κ1) is 35.1. The van der Waals surface area contributed by atoms with E-state index in [1.807, 2.05) is 53.8 Å². The molecular formula is C55H34N4OS. The minimum Gasteiger partial charge on any atom is -0.456 e. The Bertz CT molecular complexity index is 3600. The van der Waals surface area contributed by atoms with Crippen LogP contribution in [0.2, 0.25) is 0 Å². The quantitative estimate of drug-likeness (QED) is 0.161. The molecule has 3 aromatic heterocycles. The first-order valence-electron chi connectivity index (χ1n) is 20.3. The molecule has 12 aromatic rings. The van der Waals surface area contributed by atoms with Crippen molar-refractivity contribution in [3.8, 4) is 45.3 Å². The van der Waals surface area contributed by atoms with Crippen molar-refractivity contribution in [2.24, 2.45) is 0 Å². The zero-order chi connectivity index (χ0) is 40.3. The molecule has 61 heavy (non-hydrogen) atoms. The topological polar surface area (TPSA) is 55.1 Å². The van der Waals surface area contributed by atoms with Crippen LogP contribution in [0.25, 0.3) is 98.2 Å². The lowest BCUT2D eigenvalue weighted by Gasteiger charge is -2.26. The van der Waals surface area contributed by atoms with Crippen LogP contribution in [0.3, 0.4) is 0 Å². The number of rotatable bonds is 7. The molecular weight excluding hydrogens is 765 g/mol. The summed E-state index contributed by atoms with van der Waals surface area (Å²) in [5, 5.41) is 6.70. The highest BCUT2D eigenvalue weighted by atomic mass is 32.1. The van der Waals surface area contributed by atoms with Gasteiger partial charge in [0.05, 0.1) is 5.69 Å². The summed E-state index contributed by atoms with van der Waals surface area (Å²) in [6.07, 6.45) is 0.